The molecule has 1 rings (SSSR count). The van der Waals surface area contributed by atoms with E-state index in [1.807, 2.05) is 0 Å². The number of benzene rings is 1. The molecule has 0 aliphatic rings. The molecular weight excluding hydrogens is 302 g/mol. The first kappa shape index (κ1) is 10.8. The van der Waals surface area contributed by atoms with E-state index in [-0.39, 0.29) is 5.78 Å². The van der Waals surface area contributed by atoms with Crippen LogP contribution in [0.15, 0.2) is 12.1 Å². The lowest BCUT2D eigenvalue weighted by molar-refractivity contribution is 0.101. The molecule has 0 aliphatic heterocycles. The standard InChI is InChI=1S/C9H8ClIO2/c1-5(12)6-3-7(10)9(13-2)4-8(6)11/h3-4H,1-2H3. The fourth-order valence-electron chi connectivity index (χ4n) is 0.955. The van der Waals surface area contributed by atoms with Gasteiger partial charge in [-0.05, 0) is 41.6 Å². The molecule has 0 saturated carbocycles. The highest BCUT2D eigenvalue weighted by atomic mass is 127. The largest absolute Gasteiger partial charge is 0.495 e. The number of methoxy groups -OCH3 is 1. The van der Waals surface area contributed by atoms with Crippen molar-refractivity contribution >= 4 is 40.0 Å². The molecule has 4 heteroatoms. The van der Waals surface area contributed by atoms with Crippen LogP contribution in [0.25, 0.3) is 0 Å². The third-order valence-corrected chi connectivity index (χ3v) is 2.81. The number of ketones is 1. The van der Waals surface area contributed by atoms with Gasteiger partial charge in [0.25, 0.3) is 0 Å². The molecule has 1 aromatic rings. The maximum absolute atomic E-state index is 11.1. The highest BCUT2D eigenvalue weighted by Crippen LogP contribution is 2.29. The molecule has 13 heavy (non-hydrogen) atoms. The van der Waals surface area contributed by atoms with Crippen LogP contribution in [0.5, 0.6) is 5.75 Å². The van der Waals surface area contributed by atoms with Crippen LogP contribution < -0.4 is 4.74 Å². The second-order valence-electron chi connectivity index (χ2n) is 2.52. The highest BCUT2D eigenvalue weighted by Gasteiger charge is 2.09. The third kappa shape index (κ3) is 2.34. The van der Waals surface area contributed by atoms with Crippen LogP contribution in [0.1, 0.15) is 17.3 Å². The van der Waals surface area contributed by atoms with Crippen molar-refractivity contribution in [2.75, 3.05) is 7.11 Å². The quantitative estimate of drug-likeness (QED) is 0.619. The Hall–Kier alpha value is -0.290. The van der Waals surface area contributed by atoms with Gasteiger partial charge in [-0.25, -0.2) is 0 Å². The van der Waals surface area contributed by atoms with E-state index in [2.05, 4.69) is 22.6 Å². The molecule has 0 N–H and O–H groups in total. The van der Waals surface area contributed by atoms with Crippen molar-refractivity contribution in [3.05, 3.63) is 26.3 Å². The fourth-order valence-corrected chi connectivity index (χ4v) is 2.01. The molecule has 0 heterocycles. The normalized spacial score (nSPS) is 9.85. The summed E-state index contributed by atoms with van der Waals surface area (Å²) in [6.45, 7) is 1.51. The van der Waals surface area contributed by atoms with E-state index in [0.717, 1.165) is 3.57 Å². The monoisotopic (exact) mass is 310 g/mol. The van der Waals surface area contributed by atoms with Crippen LogP contribution in [-0.4, -0.2) is 12.9 Å². The second-order valence-corrected chi connectivity index (χ2v) is 4.09. The minimum Gasteiger partial charge on any atom is -0.495 e. The molecule has 0 unspecified atom stereocenters. The first-order valence-corrected chi connectivity index (χ1v) is 5.06. The lowest BCUT2D eigenvalue weighted by Gasteiger charge is -2.06. The summed E-state index contributed by atoms with van der Waals surface area (Å²) in [5, 5.41) is 0.466. The molecule has 0 radical (unpaired) electrons. The first-order chi connectivity index (χ1) is 6.06. The number of carbonyl (C=O) groups is 1. The van der Waals surface area contributed by atoms with E-state index in [4.69, 9.17) is 16.3 Å². The van der Waals surface area contributed by atoms with Crippen molar-refractivity contribution in [1.29, 1.82) is 0 Å². The summed E-state index contributed by atoms with van der Waals surface area (Å²) in [4.78, 5) is 11.1. The summed E-state index contributed by atoms with van der Waals surface area (Å²) >= 11 is 7.95. The average Bonchev–Trinajstić information content (AvgIpc) is 2.07. The van der Waals surface area contributed by atoms with E-state index in [1.54, 1.807) is 19.2 Å². The molecule has 0 saturated heterocycles. The molecule has 70 valence electrons. The number of carbonyl (C=O) groups excluding carboxylic acids is 1. The molecule has 0 spiro atoms. The van der Waals surface area contributed by atoms with Crippen LogP contribution in [-0.2, 0) is 0 Å². The van der Waals surface area contributed by atoms with Gasteiger partial charge < -0.3 is 4.74 Å². The minimum absolute atomic E-state index is 0.00829. The van der Waals surface area contributed by atoms with E-state index < -0.39 is 0 Å². The second kappa shape index (κ2) is 4.28. The van der Waals surface area contributed by atoms with Gasteiger partial charge in [0.15, 0.2) is 5.78 Å². The Kier molecular flexibility index (Phi) is 3.55. The summed E-state index contributed by atoms with van der Waals surface area (Å²) in [7, 11) is 1.55. The predicted octanol–water partition coefficient (Wildman–Crippen LogP) is 3.16. The first-order valence-electron chi connectivity index (χ1n) is 3.60. The maximum Gasteiger partial charge on any atom is 0.160 e. The van der Waals surface area contributed by atoms with Crippen molar-refractivity contribution in [3.63, 3.8) is 0 Å². The summed E-state index contributed by atoms with van der Waals surface area (Å²) in [6, 6.07) is 3.38. The van der Waals surface area contributed by atoms with Crippen LogP contribution in [0.4, 0.5) is 0 Å². The van der Waals surface area contributed by atoms with E-state index in [0.29, 0.717) is 16.3 Å². The summed E-state index contributed by atoms with van der Waals surface area (Å²) in [5.41, 5.74) is 0.631. The SMILES string of the molecule is COc1cc(I)c(C(C)=O)cc1Cl. The van der Waals surface area contributed by atoms with Crippen molar-refractivity contribution in [3.8, 4) is 5.75 Å². The van der Waals surface area contributed by atoms with Gasteiger partial charge in [-0.2, -0.15) is 0 Å². The molecule has 0 bridgehead atoms. The molecule has 0 aliphatic carbocycles. The number of Topliss-reactive ketones (excluding diaryl/α,β-unsaturated/α-hetero) is 1. The lowest BCUT2D eigenvalue weighted by atomic mass is 10.1. The topological polar surface area (TPSA) is 26.3 Å². The van der Waals surface area contributed by atoms with Crippen molar-refractivity contribution in [1.82, 2.24) is 0 Å². The number of halogens is 2. The van der Waals surface area contributed by atoms with E-state index in [9.17, 15) is 4.79 Å². The summed E-state index contributed by atoms with van der Waals surface area (Å²) < 4.78 is 5.87. The Morgan fingerprint density at radius 3 is 2.62 bits per heavy atom. The van der Waals surface area contributed by atoms with Crippen LogP contribution in [0, 0.1) is 3.57 Å². The Labute approximate surface area is 95.4 Å². The number of ether oxygens (including phenoxy) is 1. The lowest BCUT2D eigenvalue weighted by Crippen LogP contribution is -1.97. The molecule has 0 atom stereocenters. The molecule has 0 fully saturated rings. The minimum atomic E-state index is 0.00829. The third-order valence-electron chi connectivity index (χ3n) is 1.62. The van der Waals surface area contributed by atoms with Crippen molar-refractivity contribution in [2.24, 2.45) is 0 Å². The number of rotatable bonds is 2. The number of hydrogen-bond acceptors (Lipinski definition) is 2. The van der Waals surface area contributed by atoms with Gasteiger partial charge in [-0.15, -0.1) is 0 Å². The Morgan fingerprint density at radius 2 is 2.15 bits per heavy atom. The molecule has 1 aromatic carbocycles. The van der Waals surface area contributed by atoms with Gasteiger partial charge in [0.2, 0.25) is 0 Å². The fraction of sp³-hybridized carbons (Fsp3) is 0.222. The molecular formula is C9H8ClIO2. The van der Waals surface area contributed by atoms with Gasteiger partial charge in [0.1, 0.15) is 5.75 Å². The smallest absolute Gasteiger partial charge is 0.160 e. The maximum atomic E-state index is 11.1. The molecule has 2 nitrogen and oxygen atoms in total. The molecule has 0 aromatic heterocycles. The Morgan fingerprint density at radius 1 is 1.54 bits per heavy atom. The molecule has 0 amide bonds. The number of hydrogen-bond donors (Lipinski definition) is 0. The zero-order valence-corrected chi connectivity index (χ0v) is 10.1. The van der Waals surface area contributed by atoms with Crippen molar-refractivity contribution < 1.29 is 9.53 Å². The van der Waals surface area contributed by atoms with Gasteiger partial charge >= 0.3 is 0 Å². The van der Waals surface area contributed by atoms with Crippen LogP contribution in [0.2, 0.25) is 5.02 Å². The van der Waals surface area contributed by atoms with Crippen LogP contribution in [0.3, 0.4) is 0 Å². The zero-order chi connectivity index (χ0) is 10.0. The van der Waals surface area contributed by atoms with Gasteiger partial charge in [-0.1, -0.05) is 11.6 Å². The zero-order valence-electron chi connectivity index (χ0n) is 7.23. The predicted molar refractivity (Wildman–Crippen MR) is 60.7 cm³/mol. The Bertz CT molecular complexity index is 350. The van der Waals surface area contributed by atoms with Gasteiger partial charge in [0, 0.05) is 9.13 Å². The Balaban J connectivity index is 3.28. The van der Waals surface area contributed by atoms with Gasteiger partial charge in [-0.3, -0.25) is 4.79 Å². The van der Waals surface area contributed by atoms with Crippen molar-refractivity contribution in [2.45, 2.75) is 6.92 Å². The summed E-state index contributed by atoms with van der Waals surface area (Å²) in [5.74, 6) is 0.602. The van der Waals surface area contributed by atoms with E-state index >= 15 is 0 Å². The average molecular weight is 311 g/mol. The van der Waals surface area contributed by atoms with E-state index in [1.165, 1.54) is 6.92 Å². The van der Waals surface area contributed by atoms with Gasteiger partial charge in [0.05, 0.1) is 12.1 Å². The summed E-state index contributed by atoms with van der Waals surface area (Å²) in [6.07, 6.45) is 0. The highest BCUT2D eigenvalue weighted by molar-refractivity contribution is 14.1. The van der Waals surface area contributed by atoms with Crippen LogP contribution >= 0.6 is 34.2 Å².